The number of urea groups is 3. The molecular weight excluding hydrogens is 1590 g/mol. The summed E-state index contributed by atoms with van der Waals surface area (Å²) in [5.41, 5.74) is 14.0. The molecule has 33 heteroatoms. The summed E-state index contributed by atoms with van der Waals surface area (Å²) in [5, 5.41) is 55.8. The van der Waals surface area contributed by atoms with E-state index in [0.717, 1.165) is 66.0 Å². The molecular formula is C87H91Cl2N11O20. The van der Waals surface area contributed by atoms with Crippen LogP contribution in [-0.4, -0.2) is 168 Å². The number of halogens is 2. The molecule has 0 radical (unpaired) electrons. The van der Waals surface area contributed by atoms with E-state index in [1.165, 1.54) is 63.8 Å². The second-order valence-electron chi connectivity index (χ2n) is 28.3. The molecule has 9 aromatic carbocycles. The Morgan fingerprint density at radius 1 is 0.417 bits per heavy atom. The van der Waals surface area contributed by atoms with Crippen LogP contribution in [0.2, 0.25) is 10.0 Å². The highest BCUT2D eigenvalue weighted by atomic mass is 35.5. The highest BCUT2D eigenvalue weighted by Gasteiger charge is 2.34. The maximum atomic E-state index is 13.2. The number of hydrogen-bond acceptors (Lipinski definition) is 18. The molecule has 0 saturated carbocycles. The van der Waals surface area contributed by atoms with Gasteiger partial charge in [0.1, 0.15) is 42.8 Å². The largest absolute Gasteiger partial charge is 0.495 e. The Balaban J connectivity index is 0.000000189. The number of nitro benzene ring substituents is 1. The van der Waals surface area contributed by atoms with Gasteiger partial charge in [0.15, 0.2) is 11.5 Å². The molecule has 9 amide bonds. The van der Waals surface area contributed by atoms with E-state index in [9.17, 15) is 53.3 Å². The number of anilines is 7. The number of carbonyl (C=O) groups excluding carboxylic acids is 6. The molecule has 0 spiro atoms. The van der Waals surface area contributed by atoms with Crippen LogP contribution in [0, 0.1) is 30.9 Å². The van der Waals surface area contributed by atoms with Crippen molar-refractivity contribution in [1.82, 2.24) is 14.7 Å². The average Bonchev–Trinajstić information content (AvgIpc) is 1.33. The average molecular weight is 1680 g/mol. The number of methoxy groups -OCH3 is 3. The first-order chi connectivity index (χ1) is 57.6. The Labute approximate surface area is 701 Å². The van der Waals surface area contributed by atoms with Gasteiger partial charge in [-0.2, -0.15) is 0 Å². The van der Waals surface area contributed by atoms with Gasteiger partial charge >= 0.3 is 41.7 Å². The summed E-state index contributed by atoms with van der Waals surface area (Å²) < 4.78 is 33.8. The van der Waals surface area contributed by atoms with Gasteiger partial charge in [0.25, 0.3) is 0 Å². The number of likely N-dealkylation sites (tertiary alicyclic amines) is 3. The Kier molecular flexibility index (Phi) is 30.9. The first kappa shape index (κ1) is 88.6. The van der Waals surface area contributed by atoms with Gasteiger partial charge in [0.2, 0.25) is 17.7 Å². The van der Waals surface area contributed by atoms with Crippen LogP contribution in [-0.2, 0) is 33.6 Å². The summed E-state index contributed by atoms with van der Waals surface area (Å²) in [5.74, 6) is -1.97. The van der Waals surface area contributed by atoms with E-state index < -0.39 is 46.6 Å². The van der Waals surface area contributed by atoms with Gasteiger partial charge in [-0.1, -0.05) is 96.0 Å². The number of amides is 9. The van der Waals surface area contributed by atoms with E-state index in [1.54, 1.807) is 75.4 Å². The fraction of sp³-hybridized carbons (Fsp3) is 0.276. The molecule has 12 rings (SSSR count). The maximum Gasteiger partial charge on any atom is 0.335 e. The van der Waals surface area contributed by atoms with Gasteiger partial charge < -0.3 is 96.1 Å². The van der Waals surface area contributed by atoms with Crippen molar-refractivity contribution in [3.63, 3.8) is 0 Å². The first-order valence-corrected chi connectivity index (χ1v) is 38.9. The Morgan fingerprint density at radius 3 is 1.07 bits per heavy atom. The quantitative estimate of drug-likeness (QED) is 0.0124. The monoisotopic (exact) mass is 1680 g/mol. The Bertz CT molecular complexity index is 5280. The molecule has 3 aliphatic heterocycles. The van der Waals surface area contributed by atoms with Crippen LogP contribution in [0.3, 0.4) is 0 Å². The topological polar surface area (TPSA) is 421 Å². The lowest BCUT2D eigenvalue weighted by atomic mass is 10.1. The number of rotatable bonds is 28. The lowest BCUT2D eigenvalue weighted by molar-refractivity contribution is -0.385. The van der Waals surface area contributed by atoms with Gasteiger partial charge in [0, 0.05) is 42.8 Å². The van der Waals surface area contributed by atoms with Crippen molar-refractivity contribution in [2.24, 2.45) is 0 Å². The minimum atomic E-state index is -1.28. The molecule has 11 N–H and O–H groups in total. The number of carboxylic acids is 3. The molecule has 3 heterocycles. The predicted octanol–water partition coefficient (Wildman–Crippen LogP) is 15.7. The number of aromatic carboxylic acids is 3. The van der Waals surface area contributed by atoms with Crippen molar-refractivity contribution in [2.45, 2.75) is 96.7 Å². The molecule has 3 atom stereocenters. The van der Waals surface area contributed by atoms with Crippen molar-refractivity contribution >= 4 is 122 Å². The number of nitrogens with zero attached hydrogens (tertiary/aromatic N) is 4. The molecule has 3 aliphatic rings. The Hall–Kier alpha value is -13.8. The number of carboxylic acid groups (broad SMARTS) is 3. The van der Waals surface area contributed by atoms with E-state index >= 15 is 0 Å². The Morgan fingerprint density at radius 2 is 0.742 bits per heavy atom. The highest BCUT2D eigenvalue weighted by Crippen LogP contribution is 2.38. The zero-order valence-electron chi connectivity index (χ0n) is 66.5. The summed E-state index contributed by atoms with van der Waals surface area (Å²) in [6.07, 6.45) is 5.01. The fourth-order valence-corrected chi connectivity index (χ4v) is 14.4. The number of ether oxygens (including phenoxy) is 6. The van der Waals surface area contributed by atoms with Crippen LogP contribution >= 0.6 is 23.2 Å². The van der Waals surface area contributed by atoms with E-state index in [0.29, 0.717) is 88.7 Å². The van der Waals surface area contributed by atoms with Crippen molar-refractivity contribution in [3.05, 3.63) is 246 Å². The van der Waals surface area contributed by atoms with Crippen LogP contribution in [0.5, 0.6) is 34.5 Å². The highest BCUT2D eigenvalue weighted by molar-refractivity contribution is 6.37. The summed E-state index contributed by atoms with van der Waals surface area (Å²) in [6.45, 7) is 7.88. The van der Waals surface area contributed by atoms with Crippen molar-refractivity contribution in [1.29, 1.82) is 0 Å². The molecule has 0 aliphatic carbocycles. The summed E-state index contributed by atoms with van der Waals surface area (Å²) in [6, 6.07) is 46.4. The number of benzene rings is 9. The van der Waals surface area contributed by atoms with E-state index in [4.69, 9.17) is 72.7 Å². The number of nitrogens with two attached hydrogens (primary N) is 1. The van der Waals surface area contributed by atoms with Crippen LogP contribution in [0.15, 0.2) is 176 Å². The molecule has 0 aromatic heterocycles. The number of aryl methyl sites for hydroxylation is 3. The minimum Gasteiger partial charge on any atom is -0.495 e. The molecule has 31 nitrogen and oxygen atoms in total. The van der Waals surface area contributed by atoms with Crippen molar-refractivity contribution in [2.75, 3.05) is 98.4 Å². The number of nitrogens with one attached hydrogen (secondary N) is 6. The molecule has 3 saturated heterocycles. The molecule has 0 unspecified atom stereocenters. The molecule has 628 valence electrons. The van der Waals surface area contributed by atoms with Crippen LogP contribution in [0.25, 0.3) is 0 Å². The maximum absolute atomic E-state index is 13.2. The van der Waals surface area contributed by atoms with Gasteiger partial charge in [-0.15, -0.1) is 0 Å². The normalized spacial score (nSPS) is 14.4. The van der Waals surface area contributed by atoms with Crippen molar-refractivity contribution < 1.29 is 91.8 Å². The standard InChI is InChI=1S/C29H29Cl2N3O6.C29H30N4O8.C29H32N4O6/c1-17-6-3-4-8-23(17)32-29(38)33-24-10-9-18(12-25(24)39-2)13-26(35)34-11-5-7-20(34)16-40-27-21(30)14-19(28(36)37)15-22(27)31;1-18-6-3-4-8-22(18)30-29(37)31-23-11-9-19(14-26(23)40-2)15-27(34)32-13-5-7-21(32)17-41-25-12-10-20(28(35)36)16-24(25)33(38)39;1-18-6-3-4-8-23(18)31-29(37)32-24-11-9-19(14-26(24)38-2)15-27(34)33-13-5-7-21(33)17-39-25-12-10-20(28(35)36)16-22(25)30/h3-4,6,8-10,12,14-15,20H,5,7,11,13,16H2,1-2H3,(H,36,37)(H2,32,33,38);3-4,6,8-12,14,16,21H,5,7,13,15,17H2,1-2H3,(H,35,36)(H2,30,31,37);3-4,6,8-12,14,16,21H,5,7,13,15,17,30H2,1-2H3,(H,35,36)(H2,31,32,37)/t20-;2*21-/m000/s1. The van der Waals surface area contributed by atoms with Gasteiger partial charge in [-0.3, -0.25) is 24.5 Å². The smallest absolute Gasteiger partial charge is 0.335 e. The van der Waals surface area contributed by atoms with E-state index in [2.05, 4.69) is 31.9 Å². The number of nitro groups is 1. The third-order valence-electron chi connectivity index (χ3n) is 20.1. The zero-order valence-corrected chi connectivity index (χ0v) is 68.0. The first-order valence-electron chi connectivity index (χ1n) is 38.1. The van der Waals surface area contributed by atoms with Crippen molar-refractivity contribution in [3.8, 4) is 34.5 Å². The zero-order chi connectivity index (χ0) is 86.3. The number of hydrogen-bond donors (Lipinski definition) is 10. The number of carbonyl (C=O) groups is 9. The molecule has 3 fully saturated rings. The third-order valence-corrected chi connectivity index (χ3v) is 20.6. The molecule has 9 aromatic rings. The number of para-hydroxylation sites is 3. The lowest BCUT2D eigenvalue weighted by Crippen LogP contribution is -2.40. The molecule has 120 heavy (non-hydrogen) atoms. The third kappa shape index (κ3) is 24.0. The van der Waals surface area contributed by atoms with Gasteiger partial charge in [-0.05, 0) is 190 Å². The van der Waals surface area contributed by atoms with E-state index in [-0.39, 0.29) is 119 Å². The van der Waals surface area contributed by atoms with Crippen LogP contribution in [0.4, 0.5) is 59.9 Å². The minimum absolute atomic E-state index is 0.0289. The summed E-state index contributed by atoms with van der Waals surface area (Å²) >= 11 is 12.4. The lowest BCUT2D eigenvalue weighted by Gasteiger charge is -2.25. The second-order valence-corrected chi connectivity index (χ2v) is 29.1. The summed E-state index contributed by atoms with van der Waals surface area (Å²) in [4.78, 5) is 127. The SMILES string of the molecule is COc1cc(CC(=O)N2CCC[C@H]2COc2c(Cl)cc(C(=O)O)cc2Cl)ccc1NC(=O)Nc1ccccc1C.COc1cc(CC(=O)N2CCC[C@H]2COc2ccc(C(=O)O)cc2N)ccc1NC(=O)Nc1ccccc1C.COc1cc(CC(=O)N2CCC[C@H]2COc2ccc(C(=O)O)cc2[N+](=O)[O-])ccc1NC(=O)Nc1ccccc1C. The second kappa shape index (κ2) is 41.8. The number of nitrogen functional groups attached to an aromatic ring is 1. The van der Waals surface area contributed by atoms with E-state index in [1.807, 2.05) is 87.5 Å². The summed E-state index contributed by atoms with van der Waals surface area (Å²) in [7, 11) is 4.48. The van der Waals surface area contributed by atoms with Gasteiger partial charge in [0.05, 0.1) is 113 Å². The fourth-order valence-electron chi connectivity index (χ4n) is 13.8. The molecule has 0 bridgehead atoms. The van der Waals surface area contributed by atoms with Crippen LogP contribution < -0.4 is 66.1 Å². The predicted molar refractivity (Wildman–Crippen MR) is 454 cm³/mol. The van der Waals surface area contributed by atoms with Crippen LogP contribution in [0.1, 0.15) is 103 Å². The van der Waals surface area contributed by atoms with Gasteiger partial charge in [-0.25, -0.2) is 28.8 Å².